The smallest absolute Gasteiger partial charge is 0.305 e. The van der Waals surface area contributed by atoms with Gasteiger partial charge in [-0.05, 0) is 75.5 Å². The van der Waals surface area contributed by atoms with Gasteiger partial charge in [0.2, 0.25) is 11.8 Å². The number of esters is 1. The Morgan fingerprint density at radius 2 is 1.70 bits per heavy atom. The largest absolute Gasteiger partial charge is 0.469 e. The van der Waals surface area contributed by atoms with Gasteiger partial charge >= 0.3 is 5.97 Å². The molecule has 4 aliphatic carbocycles. The quantitative estimate of drug-likeness (QED) is 0.570. The highest BCUT2D eigenvalue weighted by atomic mass is 16.5. The lowest BCUT2D eigenvalue weighted by molar-refractivity contribution is -0.160. The van der Waals surface area contributed by atoms with Crippen LogP contribution in [-0.4, -0.2) is 48.9 Å². The van der Waals surface area contributed by atoms with E-state index in [1.54, 1.807) is 0 Å². The summed E-state index contributed by atoms with van der Waals surface area (Å²) in [6.45, 7) is 1.16. The van der Waals surface area contributed by atoms with Gasteiger partial charge in [-0.15, -0.1) is 0 Å². The van der Waals surface area contributed by atoms with E-state index in [0.29, 0.717) is 25.9 Å². The van der Waals surface area contributed by atoms with Crippen molar-refractivity contribution in [2.24, 2.45) is 23.2 Å². The molecule has 6 heteroatoms. The molecule has 4 saturated carbocycles. The van der Waals surface area contributed by atoms with Gasteiger partial charge in [-0.1, -0.05) is 0 Å². The van der Waals surface area contributed by atoms with Crippen LogP contribution in [0, 0.1) is 23.2 Å². The molecule has 0 aromatic carbocycles. The van der Waals surface area contributed by atoms with E-state index in [0.717, 1.165) is 49.9 Å². The molecule has 1 saturated heterocycles. The number of nitrogens with one attached hydrogen (secondary N) is 1. The summed E-state index contributed by atoms with van der Waals surface area (Å²) in [5, 5.41) is 2.92. The number of rotatable bonds is 6. The first-order chi connectivity index (χ1) is 13.0. The first-order valence-electron chi connectivity index (χ1n) is 10.7. The molecule has 150 valence electrons. The summed E-state index contributed by atoms with van der Waals surface area (Å²) in [6, 6.07) is -0.330. The van der Waals surface area contributed by atoms with Crippen molar-refractivity contribution < 1.29 is 19.1 Å². The van der Waals surface area contributed by atoms with Gasteiger partial charge in [0.15, 0.2) is 0 Å². The number of ether oxygens (including phenoxy) is 1. The van der Waals surface area contributed by atoms with Gasteiger partial charge < -0.3 is 15.0 Å². The summed E-state index contributed by atoms with van der Waals surface area (Å²) >= 11 is 0. The summed E-state index contributed by atoms with van der Waals surface area (Å²) < 4.78 is 4.62. The van der Waals surface area contributed by atoms with E-state index in [9.17, 15) is 14.4 Å². The fraction of sp³-hybridized carbons (Fsp3) is 0.857. The Labute approximate surface area is 161 Å². The van der Waals surface area contributed by atoms with Crippen molar-refractivity contribution in [1.82, 2.24) is 10.2 Å². The Kier molecular flexibility index (Phi) is 5.17. The van der Waals surface area contributed by atoms with Crippen molar-refractivity contribution in [3.63, 3.8) is 0 Å². The Balaban J connectivity index is 1.36. The third-order valence-electron chi connectivity index (χ3n) is 7.39. The SMILES string of the molecule is COC(=O)CCCNC(=O)C1CCCN1C(=O)C12CC3CC(CC(C3)C1)C2. The molecule has 0 radical (unpaired) electrons. The Morgan fingerprint density at radius 3 is 2.30 bits per heavy atom. The number of hydrogen-bond acceptors (Lipinski definition) is 4. The summed E-state index contributed by atoms with van der Waals surface area (Å²) in [4.78, 5) is 39.3. The van der Waals surface area contributed by atoms with Gasteiger partial charge in [-0.2, -0.15) is 0 Å². The van der Waals surface area contributed by atoms with Crippen molar-refractivity contribution >= 4 is 17.8 Å². The maximum Gasteiger partial charge on any atom is 0.305 e. The third kappa shape index (κ3) is 3.59. The van der Waals surface area contributed by atoms with Crippen molar-refractivity contribution in [3.8, 4) is 0 Å². The topological polar surface area (TPSA) is 75.7 Å². The van der Waals surface area contributed by atoms with Crippen LogP contribution in [0.5, 0.6) is 0 Å². The fourth-order valence-electron chi connectivity index (χ4n) is 6.62. The zero-order valence-electron chi connectivity index (χ0n) is 16.4. The van der Waals surface area contributed by atoms with E-state index in [-0.39, 0.29) is 29.2 Å². The molecule has 2 amide bonds. The highest BCUT2D eigenvalue weighted by Gasteiger charge is 2.56. The lowest BCUT2D eigenvalue weighted by Crippen LogP contribution is -2.57. The van der Waals surface area contributed by atoms with Crippen LogP contribution in [0.4, 0.5) is 0 Å². The van der Waals surface area contributed by atoms with Crippen LogP contribution in [0.3, 0.4) is 0 Å². The van der Waals surface area contributed by atoms with Gasteiger partial charge in [-0.3, -0.25) is 14.4 Å². The van der Waals surface area contributed by atoms with Gasteiger partial charge in [0.25, 0.3) is 0 Å². The Hall–Kier alpha value is -1.59. The summed E-state index contributed by atoms with van der Waals surface area (Å²) in [7, 11) is 1.37. The molecule has 5 fully saturated rings. The van der Waals surface area contributed by atoms with Crippen molar-refractivity contribution in [2.75, 3.05) is 20.2 Å². The molecule has 4 bridgehead atoms. The standard InChI is InChI=1S/C21H32N2O4/c1-27-18(24)5-2-6-22-19(25)17-4-3-7-23(17)20(26)21-11-14-8-15(12-21)10-16(9-14)13-21/h14-17H,2-13H2,1H3,(H,22,25). The molecule has 5 aliphatic rings. The molecule has 6 nitrogen and oxygen atoms in total. The number of likely N-dealkylation sites (tertiary alicyclic amines) is 1. The monoisotopic (exact) mass is 376 g/mol. The fourth-order valence-corrected chi connectivity index (χ4v) is 6.62. The number of hydrogen-bond donors (Lipinski definition) is 1. The second kappa shape index (κ2) is 7.44. The minimum absolute atomic E-state index is 0.0598. The zero-order valence-corrected chi connectivity index (χ0v) is 16.4. The van der Waals surface area contributed by atoms with Crippen LogP contribution in [0.1, 0.15) is 64.2 Å². The Morgan fingerprint density at radius 1 is 1.07 bits per heavy atom. The molecule has 0 spiro atoms. The molecular weight excluding hydrogens is 344 g/mol. The average Bonchev–Trinajstić information content (AvgIpc) is 3.12. The number of nitrogens with zero attached hydrogens (tertiary/aromatic N) is 1. The number of amides is 2. The highest BCUT2D eigenvalue weighted by molar-refractivity contribution is 5.91. The summed E-state index contributed by atoms with van der Waals surface area (Å²) in [6.07, 6.45) is 9.60. The van der Waals surface area contributed by atoms with Gasteiger partial charge in [0.05, 0.1) is 12.5 Å². The predicted molar refractivity (Wildman–Crippen MR) is 99.6 cm³/mol. The van der Waals surface area contributed by atoms with E-state index < -0.39 is 0 Å². The van der Waals surface area contributed by atoms with Crippen molar-refractivity contribution in [1.29, 1.82) is 0 Å². The number of carbonyl (C=O) groups excluding carboxylic acids is 3. The lowest BCUT2D eigenvalue weighted by atomic mass is 9.49. The van der Waals surface area contributed by atoms with Crippen LogP contribution in [0.25, 0.3) is 0 Å². The van der Waals surface area contributed by atoms with Crippen molar-refractivity contribution in [2.45, 2.75) is 70.3 Å². The molecule has 1 heterocycles. The maximum absolute atomic E-state index is 13.6. The average molecular weight is 376 g/mol. The van der Waals surface area contributed by atoms with Crippen molar-refractivity contribution in [3.05, 3.63) is 0 Å². The highest BCUT2D eigenvalue weighted by Crippen LogP contribution is 2.60. The minimum atomic E-state index is -0.330. The molecule has 27 heavy (non-hydrogen) atoms. The number of methoxy groups -OCH3 is 1. The van der Waals surface area contributed by atoms with Crippen LogP contribution >= 0.6 is 0 Å². The van der Waals surface area contributed by atoms with Gasteiger partial charge in [0.1, 0.15) is 6.04 Å². The second-order valence-corrected chi connectivity index (χ2v) is 9.33. The molecule has 1 N–H and O–H groups in total. The van der Waals surface area contributed by atoms with E-state index in [1.165, 1.54) is 26.4 Å². The van der Waals surface area contributed by atoms with Gasteiger partial charge in [-0.25, -0.2) is 0 Å². The normalized spacial score (nSPS) is 36.7. The van der Waals surface area contributed by atoms with E-state index in [4.69, 9.17) is 0 Å². The zero-order chi connectivity index (χ0) is 19.0. The molecular formula is C21H32N2O4. The first kappa shape index (κ1) is 18.8. The summed E-state index contributed by atoms with van der Waals surface area (Å²) in [5.74, 6) is 2.13. The minimum Gasteiger partial charge on any atom is -0.469 e. The number of carbonyl (C=O) groups is 3. The Bertz CT molecular complexity index is 582. The van der Waals surface area contributed by atoms with Crippen LogP contribution < -0.4 is 5.32 Å². The molecule has 5 rings (SSSR count). The second-order valence-electron chi connectivity index (χ2n) is 9.33. The predicted octanol–water partition coefficient (Wildman–Crippen LogP) is 2.26. The third-order valence-corrected chi connectivity index (χ3v) is 7.39. The molecule has 1 aliphatic heterocycles. The van der Waals surface area contributed by atoms with Gasteiger partial charge in [0, 0.05) is 19.5 Å². The maximum atomic E-state index is 13.6. The van der Waals surface area contributed by atoms with E-state index in [1.807, 2.05) is 4.90 Å². The van der Waals surface area contributed by atoms with Crippen LogP contribution in [-0.2, 0) is 19.1 Å². The van der Waals surface area contributed by atoms with Crippen LogP contribution in [0.15, 0.2) is 0 Å². The van der Waals surface area contributed by atoms with E-state index >= 15 is 0 Å². The molecule has 0 aromatic rings. The first-order valence-corrected chi connectivity index (χ1v) is 10.7. The lowest BCUT2D eigenvalue weighted by Gasteiger charge is -2.56. The van der Waals surface area contributed by atoms with E-state index in [2.05, 4.69) is 10.1 Å². The molecule has 1 atom stereocenters. The molecule has 0 aromatic heterocycles. The molecule has 1 unspecified atom stereocenters. The van der Waals surface area contributed by atoms with Crippen LogP contribution in [0.2, 0.25) is 0 Å². The summed E-state index contributed by atoms with van der Waals surface area (Å²) in [5.41, 5.74) is -0.178.